The van der Waals surface area contributed by atoms with E-state index in [-0.39, 0.29) is 16.3 Å². The van der Waals surface area contributed by atoms with Gasteiger partial charge in [-0.05, 0) is 30.7 Å². The molecular weight excluding hydrogens is 328 g/mol. The molecule has 2 aromatic rings. The van der Waals surface area contributed by atoms with Crippen LogP contribution in [0.25, 0.3) is 0 Å². The molecule has 23 heavy (non-hydrogen) atoms. The zero-order valence-corrected chi connectivity index (χ0v) is 13.5. The highest BCUT2D eigenvalue weighted by Gasteiger charge is 2.21. The quantitative estimate of drug-likeness (QED) is 0.906. The Morgan fingerprint density at radius 3 is 2.13 bits per heavy atom. The third-order valence-corrected chi connectivity index (χ3v) is 4.67. The Morgan fingerprint density at radius 2 is 1.57 bits per heavy atom. The fraction of sp³-hybridized carbons (Fsp3) is 0.200. The lowest BCUT2D eigenvalue weighted by atomic mass is 10.2. The molecule has 0 fully saturated rings. The fourth-order valence-electron chi connectivity index (χ4n) is 2.02. The minimum atomic E-state index is -4.01. The Kier molecular flexibility index (Phi) is 4.74. The maximum absolute atomic E-state index is 13.2. The molecule has 0 saturated carbocycles. The van der Waals surface area contributed by atoms with Crippen LogP contribution in [-0.4, -0.2) is 22.6 Å². The van der Waals surface area contributed by atoms with E-state index < -0.39 is 21.7 Å². The normalized spacial score (nSPS) is 11.2. The van der Waals surface area contributed by atoms with Crippen molar-refractivity contribution in [2.45, 2.75) is 11.8 Å². The Morgan fingerprint density at radius 1 is 0.957 bits per heavy atom. The number of halogens is 2. The van der Waals surface area contributed by atoms with Crippen LogP contribution in [0.3, 0.4) is 0 Å². The van der Waals surface area contributed by atoms with E-state index in [4.69, 9.17) is 9.47 Å². The molecular formula is C15H15F2NO4S. The van der Waals surface area contributed by atoms with Crippen molar-refractivity contribution < 1.29 is 26.7 Å². The van der Waals surface area contributed by atoms with Crippen LogP contribution in [0, 0.1) is 18.6 Å². The molecule has 0 amide bonds. The van der Waals surface area contributed by atoms with Crippen molar-refractivity contribution in [3.8, 4) is 11.5 Å². The van der Waals surface area contributed by atoms with Gasteiger partial charge in [0, 0.05) is 12.1 Å². The number of benzene rings is 2. The third kappa shape index (κ3) is 3.53. The summed E-state index contributed by atoms with van der Waals surface area (Å²) >= 11 is 0. The first-order chi connectivity index (χ1) is 10.8. The van der Waals surface area contributed by atoms with Crippen molar-refractivity contribution in [1.29, 1.82) is 0 Å². The van der Waals surface area contributed by atoms with Crippen LogP contribution in [0.4, 0.5) is 14.5 Å². The van der Waals surface area contributed by atoms with Gasteiger partial charge < -0.3 is 9.47 Å². The number of anilines is 1. The molecule has 2 aromatic carbocycles. The largest absolute Gasteiger partial charge is 0.493 e. The zero-order chi connectivity index (χ0) is 17.2. The summed E-state index contributed by atoms with van der Waals surface area (Å²) in [5.41, 5.74) is 0.329. The number of sulfonamides is 1. The van der Waals surface area contributed by atoms with Gasteiger partial charge in [-0.1, -0.05) is 0 Å². The lowest BCUT2D eigenvalue weighted by molar-refractivity contribution is 0.353. The summed E-state index contributed by atoms with van der Waals surface area (Å²) in [6, 6.07) is 5.55. The summed E-state index contributed by atoms with van der Waals surface area (Å²) in [4.78, 5) is -0.0557. The second-order valence-electron chi connectivity index (χ2n) is 4.71. The molecule has 0 atom stereocenters. The molecule has 0 aromatic heterocycles. The van der Waals surface area contributed by atoms with Crippen molar-refractivity contribution in [1.82, 2.24) is 0 Å². The minimum absolute atomic E-state index is 0.0557. The second kappa shape index (κ2) is 6.41. The van der Waals surface area contributed by atoms with Gasteiger partial charge in [0.05, 0.1) is 24.8 Å². The molecule has 0 aliphatic carbocycles. The Labute approximate surface area is 132 Å². The molecule has 2 rings (SSSR count). The van der Waals surface area contributed by atoms with E-state index in [9.17, 15) is 17.2 Å². The number of hydrogen-bond donors (Lipinski definition) is 1. The van der Waals surface area contributed by atoms with Crippen LogP contribution >= 0.6 is 0 Å². The predicted octanol–water partition coefficient (Wildman–Crippen LogP) is 3.09. The molecule has 0 unspecified atom stereocenters. The van der Waals surface area contributed by atoms with Crippen LogP contribution in [0.1, 0.15) is 5.56 Å². The standard InChI is InChI=1S/C15H15F2NO4S/c1-9-6-13(21-2)14(22-3)8-15(9)23(19,20)18-10-4-5-11(16)12(17)7-10/h4-8,18H,1-3H3. The molecule has 124 valence electrons. The third-order valence-electron chi connectivity index (χ3n) is 3.14. The number of rotatable bonds is 5. The van der Waals surface area contributed by atoms with Gasteiger partial charge in [0.25, 0.3) is 10.0 Å². The van der Waals surface area contributed by atoms with E-state index in [0.717, 1.165) is 18.2 Å². The molecule has 0 spiro atoms. The first-order valence-corrected chi connectivity index (χ1v) is 7.97. The number of hydrogen-bond acceptors (Lipinski definition) is 4. The highest BCUT2D eigenvalue weighted by atomic mass is 32.2. The maximum atomic E-state index is 13.2. The lowest BCUT2D eigenvalue weighted by Crippen LogP contribution is -2.15. The molecule has 0 saturated heterocycles. The Bertz CT molecular complexity index is 838. The lowest BCUT2D eigenvalue weighted by Gasteiger charge is -2.14. The SMILES string of the molecule is COc1cc(C)c(S(=O)(=O)Nc2ccc(F)c(F)c2)cc1OC. The number of nitrogens with one attached hydrogen (secondary N) is 1. The van der Waals surface area contributed by atoms with Crippen molar-refractivity contribution >= 4 is 15.7 Å². The predicted molar refractivity (Wildman–Crippen MR) is 81.4 cm³/mol. The Hall–Kier alpha value is -2.35. The topological polar surface area (TPSA) is 64.6 Å². The van der Waals surface area contributed by atoms with E-state index in [1.165, 1.54) is 26.4 Å². The van der Waals surface area contributed by atoms with E-state index in [1.54, 1.807) is 6.92 Å². The highest BCUT2D eigenvalue weighted by Crippen LogP contribution is 2.33. The Balaban J connectivity index is 2.45. The van der Waals surface area contributed by atoms with E-state index >= 15 is 0 Å². The van der Waals surface area contributed by atoms with Crippen molar-refractivity contribution in [2.24, 2.45) is 0 Å². The summed E-state index contributed by atoms with van der Waals surface area (Å²) in [6.07, 6.45) is 0. The first-order valence-electron chi connectivity index (χ1n) is 6.49. The van der Waals surface area contributed by atoms with Gasteiger partial charge in [-0.2, -0.15) is 0 Å². The number of ether oxygens (including phenoxy) is 2. The van der Waals surface area contributed by atoms with Crippen molar-refractivity contribution in [3.63, 3.8) is 0 Å². The minimum Gasteiger partial charge on any atom is -0.493 e. The zero-order valence-electron chi connectivity index (χ0n) is 12.7. The van der Waals surface area contributed by atoms with Gasteiger partial charge in [0.2, 0.25) is 0 Å². The highest BCUT2D eigenvalue weighted by molar-refractivity contribution is 7.92. The first kappa shape index (κ1) is 17.0. The van der Waals surface area contributed by atoms with Crippen molar-refractivity contribution in [3.05, 3.63) is 47.5 Å². The smallest absolute Gasteiger partial charge is 0.262 e. The maximum Gasteiger partial charge on any atom is 0.262 e. The summed E-state index contributed by atoms with van der Waals surface area (Å²) in [6.45, 7) is 1.59. The molecule has 1 N–H and O–H groups in total. The summed E-state index contributed by atoms with van der Waals surface area (Å²) in [5.74, 6) is -1.58. The van der Waals surface area contributed by atoms with Crippen molar-refractivity contribution in [2.75, 3.05) is 18.9 Å². The van der Waals surface area contributed by atoms with Crippen LogP contribution in [0.5, 0.6) is 11.5 Å². The van der Waals surface area contributed by atoms with E-state index in [2.05, 4.69) is 4.72 Å². The summed E-state index contributed by atoms with van der Waals surface area (Å²) in [5, 5.41) is 0. The van der Waals surface area contributed by atoms with Gasteiger partial charge in [0.15, 0.2) is 23.1 Å². The van der Waals surface area contributed by atoms with Gasteiger partial charge in [0.1, 0.15) is 0 Å². The molecule has 0 radical (unpaired) electrons. The van der Waals surface area contributed by atoms with Crippen LogP contribution < -0.4 is 14.2 Å². The molecule has 0 aliphatic rings. The molecule has 0 aliphatic heterocycles. The monoisotopic (exact) mass is 343 g/mol. The average Bonchev–Trinajstić information content (AvgIpc) is 2.50. The average molecular weight is 343 g/mol. The molecule has 8 heteroatoms. The molecule has 5 nitrogen and oxygen atoms in total. The van der Waals surface area contributed by atoms with Gasteiger partial charge in [-0.25, -0.2) is 17.2 Å². The second-order valence-corrected chi connectivity index (χ2v) is 6.36. The molecule has 0 heterocycles. The van der Waals surface area contributed by atoms with Crippen LogP contribution in [0.15, 0.2) is 35.2 Å². The number of methoxy groups -OCH3 is 2. The van der Waals surface area contributed by atoms with Crippen LogP contribution in [-0.2, 0) is 10.0 Å². The van der Waals surface area contributed by atoms with E-state index in [0.29, 0.717) is 11.3 Å². The fourth-order valence-corrected chi connectivity index (χ4v) is 3.31. The van der Waals surface area contributed by atoms with Gasteiger partial charge >= 0.3 is 0 Å². The van der Waals surface area contributed by atoms with Crippen LogP contribution in [0.2, 0.25) is 0 Å². The summed E-state index contributed by atoms with van der Waals surface area (Å²) < 4.78 is 63.4. The van der Waals surface area contributed by atoms with E-state index in [1.807, 2.05) is 0 Å². The summed E-state index contributed by atoms with van der Waals surface area (Å²) in [7, 11) is -1.19. The molecule has 0 bridgehead atoms. The van der Waals surface area contributed by atoms with Gasteiger partial charge in [-0.15, -0.1) is 0 Å². The van der Waals surface area contributed by atoms with Gasteiger partial charge in [-0.3, -0.25) is 4.72 Å². The number of aryl methyl sites for hydroxylation is 1.